The van der Waals surface area contributed by atoms with Crippen LogP contribution < -0.4 is 0 Å². The number of ketones is 1. The van der Waals surface area contributed by atoms with Gasteiger partial charge in [-0.25, -0.2) is 4.79 Å². The largest absolute Gasteiger partial charge is 0.469 e. The molecule has 0 unspecified atom stereocenters. The average Bonchev–Trinajstić information content (AvgIpc) is 2.90. The Morgan fingerprint density at radius 3 is 2.33 bits per heavy atom. The van der Waals surface area contributed by atoms with Gasteiger partial charge in [0.2, 0.25) is 5.78 Å². The number of ether oxygens (including phenoxy) is 2. The van der Waals surface area contributed by atoms with Crippen molar-refractivity contribution in [2.24, 2.45) is 0 Å². The fraction of sp³-hybridized carbons (Fsp3) is 0.417. The first-order valence-corrected chi connectivity index (χ1v) is 6.78. The molecule has 1 heterocycles. The standard InChI is InChI=1S/C12H12Cl3NO5/c1-20-9(17)6-8(11(19)21-2)16-5-3-4-7(16)10(18)12(13,14)15/h3-5,8H,6H2,1-2H3/t8-/m1/s1. The Balaban J connectivity index is 3.21. The Bertz CT molecular complexity index is 549. The average molecular weight is 357 g/mol. The van der Waals surface area contributed by atoms with Crippen LogP contribution in [0.2, 0.25) is 0 Å². The first-order valence-electron chi connectivity index (χ1n) is 5.65. The van der Waals surface area contributed by atoms with Crippen molar-refractivity contribution in [3.8, 4) is 0 Å². The lowest BCUT2D eigenvalue weighted by Gasteiger charge is -2.19. The van der Waals surface area contributed by atoms with Crippen molar-refractivity contribution in [1.82, 2.24) is 4.57 Å². The molecule has 116 valence electrons. The molecule has 1 atom stereocenters. The number of hydrogen-bond acceptors (Lipinski definition) is 5. The molecular formula is C12H12Cl3NO5. The minimum Gasteiger partial charge on any atom is -0.469 e. The number of halogens is 3. The second kappa shape index (κ2) is 7.15. The summed E-state index contributed by atoms with van der Waals surface area (Å²) in [6.45, 7) is 0. The van der Waals surface area contributed by atoms with Gasteiger partial charge >= 0.3 is 11.9 Å². The van der Waals surface area contributed by atoms with Crippen molar-refractivity contribution in [3.05, 3.63) is 24.0 Å². The number of methoxy groups -OCH3 is 2. The summed E-state index contributed by atoms with van der Waals surface area (Å²) in [5.74, 6) is -2.20. The van der Waals surface area contributed by atoms with Gasteiger partial charge in [0, 0.05) is 6.20 Å². The third-order valence-electron chi connectivity index (χ3n) is 2.67. The first kappa shape index (κ1) is 17.8. The lowest BCUT2D eigenvalue weighted by atomic mass is 10.2. The fourth-order valence-electron chi connectivity index (χ4n) is 1.68. The lowest BCUT2D eigenvalue weighted by molar-refractivity contribution is -0.151. The van der Waals surface area contributed by atoms with Crippen LogP contribution in [0.15, 0.2) is 18.3 Å². The summed E-state index contributed by atoms with van der Waals surface area (Å²) in [7, 11) is 2.34. The molecule has 21 heavy (non-hydrogen) atoms. The summed E-state index contributed by atoms with van der Waals surface area (Å²) in [6.07, 6.45) is 1.09. The van der Waals surface area contributed by atoms with Crippen LogP contribution in [0.1, 0.15) is 23.0 Å². The van der Waals surface area contributed by atoms with Gasteiger partial charge < -0.3 is 14.0 Å². The molecular weight excluding hydrogens is 344 g/mol. The van der Waals surface area contributed by atoms with E-state index in [0.717, 1.165) is 7.11 Å². The van der Waals surface area contributed by atoms with Crippen LogP contribution in [0.5, 0.6) is 0 Å². The molecule has 0 aliphatic heterocycles. The van der Waals surface area contributed by atoms with Crippen molar-refractivity contribution in [3.63, 3.8) is 0 Å². The number of Topliss-reactive ketones (excluding diaryl/α,β-unsaturated/α-hetero) is 1. The number of carbonyl (C=O) groups excluding carboxylic acids is 3. The highest BCUT2D eigenvalue weighted by Crippen LogP contribution is 2.32. The molecule has 0 saturated heterocycles. The number of rotatable bonds is 5. The number of carbonyl (C=O) groups is 3. The summed E-state index contributed by atoms with van der Waals surface area (Å²) < 4.78 is 8.18. The summed E-state index contributed by atoms with van der Waals surface area (Å²) in [5, 5.41) is 0. The number of hydrogen-bond donors (Lipinski definition) is 0. The molecule has 0 radical (unpaired) electrons. The van der Waals surface area contributed by atoms with Gasteiger partial charge in [0.1, 0.15) is 6.04 Å². The third-order valence-corrected chi connectivity index (χ3v) is 3.18. The molecule has 1 aromatic heterocycles. The van der Waals surface area contributed by atoms with Crippen molar-refractivity contribution >= 4 is 52.5 Å². The Hall–Kier alpha value is -1.24. The van der Waals surface area contributed by atoms with Gasteiger partial charge in [-0.05, 0) is 12.1 Å². The Morgan fingerprint density at radius 1 is 1.24 bits per heavy atom. The molecule has 0 spiro atoms. The molecule has 0 aromatic carbocycles. The number of nitrogens with zero attached hydrogens (tertiary/aromatic N) is 1. The molecule has 9 heteroatoms. The van der Waals surface area contributed by atoms with E-state index < -0.39 is 27.6 Å². The van der Waals surface area contributed by atoms with Gasteiger partial charge in [0.15, 0.2) is 0 Å². The Kier molecular flexibility index (Phi) is 6.07. The van der Waals surface area contributed by atoms with E-state index in [9.17, 15) is 14.4 Å². The van der Waals surface area contributed by atoms with E-state index in [2.05, 4.69) is 9.47 Å². The first-order chi connectivity index (χ1) is 9.72. The molecule has 0 fully saturated rings. The van der Waals surface area contributed by atoms with Gasteiger partial charge in [-0.15, -0.1) is 0 Å². The van der Waals surface area contributed by atoms with E-state index in [0.29, 0.717) is 0 Å². The summed E-state index contributed by atoms with van der Waals surface area (Å²) in [5.41, 5.74) is -0.0331. The summed E-state index contributed by atoms with van der Waals surface area (Å²) in [4.78, 5) is 35.3. The maximum absolute atomic E-state index is 12.0. The van der Waals surface area contributed by atoms with Gasteiger partial charge in [0.25, 0.3) is 3.79 Å². The molecule has 0 amide bonds. The monoisotopic (exact) mass is 355 g/mol. The van der Waals surface area contributed by atoms with E-state index in [1.165, 1.54) is 30.0 Å². The SMILES string of the molecule is COC(=O)C[C@H](C(=O)OC)n1cccc1C(=O)C(Cl)(Cl)Cl. The lowest BCUT2D eigenvalue weighted by Crippen LogP contribution is -2.29. The van der Waals surface area contributed by atoms with E-state index >= 15 is 0 Å². The van der Waals surface area contributed by atoms with Crippen LogP contribution in [-0.2, 0) is 19.1 Å². The molecule has 1 rings (SSSR count). The molecule has 1 aromatic rings. The maximum atomic E-state index is 12.0. The minimum atomic E-state index is -2.18. The summed E-state index contributed by atoms with van der Waals surface area (Å²) in [6, 6.07) is 1.76. The highest BCUT2D eigenvalue weighted by atomic mass is 35.6. The quantitative estimate of drug-likeness (QED) is 0.460. The zero-order valence-corrected chi connectivity index (χ0v) is 13.4. The van der Waals surface area contributed by atoms with Crippen LogP contribution >= 0.6 is 34.8 Å². The zero-order chi connectivity index (χ0) is 16.2. The van der Waals surface area contributed by atoms with Crippen molar-refractivity contribution in [2.75, 3.05) is 14.2 Å². The normalized spacial score (nSPS) is 12.6. The van der Waals surface area contributed by atoms with Gasteiger partial charge in [0.05, 0.1) is 26.3 Å². The third kappa shape index (κ3) is 4.36. The van der Waals surface area contributed by atoms with Gasteiger partial charge in [-0.3, -0.25) is 9.59 Å². The molecule has 0 aliphatic carbocycles. The van der Waals surface area contributed by atoms with Crippen molar-refractivity contribution < 1.29 is 23.9 Å². The topological polar surface area (TPSA) is 74.6 Å². The van der Waals surface area contributed by atoms with E-state index in [4.69, 9.17) is 34.8 Å². The fourth-order valence-corrected chi connectivity index (χ4v) is 1.97. The van der Waals surface area contributed by atoms with E-state index in [1.54, 1.807) is 0 Å². The number of aromatic nitrogens is 1. The highest BCUT2D eigenvalue weighted by molar-refractivity contribution is 6.77. The molecule has 0 saturated carbocycles. The molecule has 0 N–H and O–H groups in total. The Morgan fingerprint density at radius 2 is 1.86 bits per heavy atom. The van der Waals surface area contributed by atoms with Gasteiger partial charge in [-0.2, -0.15) is 0 Å². The molecule has 0 aliphatic rings. The van der Waals surface area contributed by atoms with E-state index in [-0.39, 0.29) is 12.1 Å². The Labute approximate surface area is 135 Å². The highest BCUT2D eigenvalue weighted by Gasteiger charge is 2.36. The molecule has 6 nitrogen and oxygen atoms in total. The van der Waals surface area contributed by atoms with Crippen LogP contribution in [-0.4, -0.2) is 40.3 Å². The number of esters is 2. The summed E-state index contributed by atoms with van der Waals surface area (Å²) >= 11 is 16.7. The predicted molar refractivity (Wildman–Crippen MR) is 76.7 cm³/mol. The smallest absolute Gasteiger partial charge is 0.329 e. The van der Waals surface area contributed by atoms with Crippen LogP contribution in [0.4, 0.5) is 0 Å². The second-order valence-electron chi connectivity index (χ2n) is 3.95. The molecule has 0 bridgehead atoms. The van der Waals surface area contributed by atoms with Gasteiger partial charge in [-0.1, -0.05) is 34.8 Å². The number of alkyl halides is 3. The second-order valence-corrected chi connectivity index (χ2v) is 6.23. The van der Waals surface area contributed by atoms with Crippen molar-refractivity contribution in [1.29, 1.82) is 0 Å². The van der Waals surface area contributed by atoms with Crippen LogP contribution in [0, 0.1) is 0 Å². The van der Waals surface area contributed by atoms with E-state index in [1.807, 2.05) is 0 Å². The van der Waals surface area contributed by atoms with Crippen LogP contribution in [0.25, 0.3) is 0 Å². The minimum absolute atomic E-state index is 0.0331. The predicted octanol–water partition coefficient (Wildman–Crippen LogP) is 2.32. The van der Waals surface area contributed by atoms with Crippen LogP contribution in [0.3, 0.4) is 0 Å². The zero-order valence-electron chi connectivity index (χ0n) is 11.1. The maximum Gasteiger partial charge on any atom is 0.329 e. The van der Waals surface area contributed by atoms with Crippen molar-refractivity contribution in [2.45, 2.75) is 16.3 Å².